The normalized spacial score (nSPS) is 24.5. The zero-order valence-corrected chi connectivity index (χ0v) is 11.7. The predicted octanol–water partition coefficient (Wildman–Crippen LogP) is 4.02. The SMILES string of the molecule is COC(=O)[C@@]1(CC=C(C)C)CCC(C)=C(C)C1. The Morgan fingerprint density at radius 2 is 2.00 bits per heavy atom. The van der Waals surface area contributed by atoms with Gasteiger partial charge in [0, 0.05) is 0 Å². The molecule has 0 radical (unpaired) electrons. The van der Waals surface area contributed by atoms with Gasteiger partial charge in [0.15, 0.2) is 0 Å². The lowest BCUT2D eigenvalue weighted by atomic mass is 9.70. The fourth-order valence-corrected chi connectivity index (χ4v) is 2.43. The van der Waals surface area contributed by atoms with Gasteiger partial charge in [-0.1, -0.05) is 22.8 Å². The third kappa shape index (κ3) is 3.21. The van der Waals surface area contributed by atoms with Gasteiger partial charge in [0.05, 0.1) is 12.5 Å². The first-order valence-corrected chi connectivity index (χ1v) is 6.28. The number of esters is 1. The first-order valence-electron chi connectivity index (χ1n) is 6.28. The maximum absolute atomic E-state index is 12.1. The van der Waals surface area contributed by atoms with Crippen LogP contribution in [0.2, 0.25) is 0 Å². The molecule has 0 fully saturated rings. The van der Waals surface area contributed by atoms with Gasteiger partial charge < -0.3 is 4.74 Å². The van der Waals surface area contributed by atoms with Crippen molar-refractivity contribution in [2.45, 2.75) is 53.4 Å². The molecule has 0 spiro atoms. The molecule has 0 aliphatic heterocycles. The molecule has 0 bridgehead atoms. The van der Waals surface area contributed by atoms with Crippen molar-refractivity contribution in [3.63, 3.8) is 0 Å². The summed E-state index contributed by atoms with van der Waals surface area (Å²) < 4.78 is 5.02. The van der Waals surface area contributed by atoms with Gasteiger partial charge in [-0.3, -0.25) is 4.79 Å². The Kier molecular flexibility index (Phi) is 4.55. The Labute approximate surface area is 105 Å². The van der Waals surface area contributed by atoms with Crippen LogP contribution in [0.1, 0.15) is 53.4 Å². The highest BCUT2D eigenvalue weighted by Crippen LogP contribution is 2.43. The minimum absolute atomic E-state index is 0.0538. The molecule has 0 amide bonds. The summed E-state index contributed by atoms with van der Waals surface area (Å²) in [6, 6.07) is 0. The molecule has 1 aliphatic rings. The van der Waals surface area contributed by atoms with Crippen molar-refractivity contribution in [3.8, 4) is 0 Å². The molecule has 17 heavy (non-hydrogen) atoms. The Balaban J connectivity index is 2.97. The minimum atomic E-state index is -0.324. The van der Waals surface area contributed by atoms with E-state index in [1.165, 1.54) is 23.8 Å². The lowest BCUT2D eigenvalue weighted by Crippen LogP contribution is -2.34. The van der Waals surface area contributed by atoms with E-state index < -0.39 is 0 Å². The Bertz CT molecular complexity index is 359. The topological polar surface area (TPSA) is 26.3 Å². The van der Waals surface area contributed by atoms with Crippen LogP contribution in [0.3, 0.4) is 0 Å². The molecule has 1 atom stereocenters. The molecule has 0 saturated heterocycles. The molecule has 0 aromatic carbocycles. The molecule has 0 unspecified atom stereocenters. The summed E-state index contributed by atoms with van der Waals surface area (Å²) in [6.45, 7) is 8.44. The number of hydrogen-bond acceptors (Lipinski definition) is 2. The van der Waals surface area contributed by atoms with Gasteiger partial charge in [0.1, 0.15) is 0 Å². The summed E-state index contributed by atoms with van der Waals surface area (Å²) >= 11 is 0. The highest BCUT2D eigenvalue weighted by Gasteiger charge is 2.40. The number of carbonyl (C=O) groups is 1. The predicted molar refractivity (Wildman–Crippen MR) is 70.7 cm³/mol. The quantitative estimate of drug-likeness (QED) is 0.546. The highest BCUT2D eigenvalue weighted by molar-refractivity contribution is 5.77. The first kappa shape index (κ1) is 14.0. The second-order valence-corrected chi connectivity index (χ2v) is 5.49. The van der Waals surface area contributed by atoms with Gasteiger partial charge in [-0.25, -0.2) is 0 Å². The molecule has 1 aliphatic carbocycles. The van der Waals surface area contributed by atoms with Crippen LogP contribution in [0.25, 0.3) is 0 Å². The van der Waals surface area contributed by atoms with Crippen molar-refractivity contribution in [2.24, 2.45) is 5.41 Å². The van der Waals surface area contributed by atoms with E-state index in [0.29, 0.717) is 0 Å². The average Bonchev–Trinajstić information content (AvgIpc) is 2.30. The average molecular weight is 236 g/mol. The molecule has 0 N–H and O–H groups in total. The van der Waals surface area contributed by atoms with Crippen LogP contribution in [-0.4, -0.2) is 13.1 Å². The summed E-state index contributed by atoms with van der Waals surface area (Å²) in [4.78, 5) is 12.1. The number of ether oxygens (including phenoxy) is 1. The van der Waals surface area contributed by atoms with Gasteiger partial charge in [-0.05, 0) is 53.4 Å². The Morgan fingerprint density at radius 1 is 1.35 bits per heavy atom. The second-order valence-electron chi connectivity index (χ2n) is 5.49. The van der Waals surface area contributed by atoms with Crippen molar-refractivity contribution in [1.29, 1.82) is 0 Å². The van der Waals surface area contributed by atoms with Crippen LogP contribution in [0.5, 0.6) is 0 Å². The van der Waals surface area contributed by atoms with Crippen molar-refractivity contribution in [3.05, 3.63) is 22.8 Å². The lowest BCUT2D eigenvalue weighted by molar-refractivity contribution is -0.153. The number of rotatable bonds is 3. The molecule has 0 heterocycles. The Hall–Kier alpha value is -1.05. The largest absolute Gasteiger partial charge is 0.469 e. The van der Waals surface area contributed by atoms with Gasteiger partial charge in [-0.15, -0.1) is 0 Å². The molecule has 2 heteroatoms. The number of carbonyl (C=O) groups excluding carboxylic acids is 1. The maximum atomic E-state index is 12.1. The van der Waals surface area contributed by atoms with Crippen LogP contribution < -0.4 is 0 Å². The van der Waals surface area contributed by atoms with Crippen LogP contribution in [0.4, 0.5) is 0 Å². The van der Waals surface area contributed by atoms with E-state index in [0.717, 1.165) is 25.7 Å². The molecule has 96 valence electrons. The minimum Gasteiger partial charge on any atom is -0.469 e. The summed E-state index contributed by atoms with van der Waals surface area (Å²) in [5.74, 6) is -0.0538. The molecule has 0 aromatic heterocycles. The van der Waals surface area contributed by atoms with E-state index in [1.807, 2.05) is 0 Å². The third-order valence-electron chi connectivity index (χ3n) is 3.83. The number of methoxy groups -OCH3 is 1. The van der Waals surface area contributed by atoms with Crippen molar-refractivity contribution in [1.82, 2.24) is 0 Å². The van der Waals surface area contributed by atoms with E-state index in [9.17, 15) is 4.79 Å². The summed E-state index contributed by atoms with van der Waals surface area (Å²) in [5, 5.41) is 0. The van der Waals surface area contributed by atoms with Crippen LogP contribution >= 0.6 is 0 Å². The van der Waals surface area contributed by atoms with Gasteiger partial charge >= 0.3 is 5.97 Å². The Morgan fingerprint density at radius 3 is 2.47 bits per heavy atom. The van der Waals surface area contributed by atoms with E-state index in [4.69, 9.17) is 4.74 Å². The first-order chi connectivity index (χ1) is 7.91. The number of allylic oxidation sites excluding steroid dienone is 4. The molecule has 1 rings (SSSR count). The highest BCUT2D eigenvalue weighted by atomic mass is 16.5. The van der Waals surface area contributed by atoms with Crippen LogP contribution in [0.15, 0.2) is 22.8 Å². The maximum Gasteiger partial charge on any atom is 0.312 e. The smallest absolute Gasteiger partial charge is 0.312 e. The lowest BCUT2D eigenvalue weighted by Gasteiger charge is -2.35. The molecule has 2 nitrogen and oxygen atoms in total. The zero-order valence-electron chi connectivity index (χ0n) is 11.7. The fraction of sp³-hybridized carbons (Fsp3) is 0.667. The summed E-state index contributed by atoms with van der Waals surface area (Å²) in [7, 11) is 1.49. The van der Waals surface area contributed by atoms with Gasteiger partial charge in [0.25, 0.3) is 0 Å². The van der Waals surface area contributed by atoms with E-state index in [1.54, 1.807) is 0 Å². The molecule has 0 aromatic rings. The van der Waals surface area contributed by atoms with Crippen molar-refractivity contribution in [2.75, 3.05) is 7.11 Å². The molecular formula is C15H24O2. The second kappa shape index (κ2) is 5.52. The van der Waals surface area contributed by atoms with Crippen LogP contribution in [-0.2, 0) is 9.53 Å². The third-order valence-corrected chi connectivity index (χ3v) is 3.83. The van der Waals surface area contributed by atoms with E-state index >= 15 is 0 Å². The van der Waals surface area contributed by atoms with E-state index in [2.05, 4.69) is 33.8 Å². The molecule has 0 saturated carbocycles. The fourth-order valence-electron chi connectivity index (χ4n) is 2.43. The molecular weight excluding hydrogens is 212 g/mol. The number of hydrogen-bond donors (Lipinski definition) is 0. The summed E-state index contributed by atoms with van der Waals surface area (Å²) in [6.07, 6.45) is 5.72. The zero-order chi connectivity index (χ0) is 13.1. The van der Waals surface area contributed by atoms with Crippen LogP contribution in [0, 0.1) is 5.41 Å². The van der Waals surface area contributed by atoms with Crippen molar-refractivity contribution < 1.29 is 9.53 Å². The summed E-state index contributed by atoms with van der Waals surface area (Å²) in [5.41, 5.74) is 3.72. The van der Waals surface area contributed by atoms with Gasteiger partial charge in [0.2, 0.25) is 0 Å². The standard InChI is InChI=1S/C15H24O2/c1-11(2)6-8-15(14(16)17-5)9-7-12(3)13(4)10-15/h6H,7-10H2,1-5H3/t15-/m0/s1. The van der Waals surface area contributed by atoms with Crippen molar-refractivity contribution >= 4 is 5.97 Å². The monoisotopic (exact) mass is 236 g/mol. The van der Waals surface area contributed by atoms with E-state index in [-0.39, 0.29) is 11.4 Å². The van der Waals surface area contributed by atoms with Gasteiger partial charge in [-0.2, -0.15) is 0 Å².